The normalized spacial score (nSPS) is 17.5. The van der Waals surface area contributed by atoms with Crippen LogP contribution in [0.1, 0.15) is 18.6 Å². The lowest BCUT2D eigenvalue weighted by atomic mass is 10.1. The molecule has 1 aliphatic rings. The van der Waals surface area contributed by atoms with E-state index in [1.807, 2.05) is 25.1 Å². The molecule has 0 saturated carbocycles. The number of benzene rings is 1. The van der Waals surface area contributed by atoms with Crippen molar-refractivity contribution in [3.8, 4) is 5.75 Å². The van der Waals surface area contributed by atoms with Crippen LogP contribution in [0.3, 0.4) is 0 Å². The van der Waals surface area contributed by atoms with Gasteiger partial charge in [0.1, 0.15) is 11.9 Å². The Hall–Kier alpha value is -3.02. The summed E-state index contributed by atoms with van der Waals surface area (Å²) in [6.07, 6.45) is 0.180. The van der Waals surface area contributed by atoms with Gasteiger partial charge in [0.2, 0.25) is 0 Å². The maximum absolute atomic E-state index is 14.6. The summed E-state index contributed by atoms with van der Waals surface area (Å²) >= 11 is 1.37. The topological polar surface area (TPSA) is 111 Å². The predicted molar refractivity (Wildman–Crippen MR) is 120 cm³/mol. The fraction of sp³-hybridized carbons (Fsp3) is 0.381. The lowest BCUT2D eigenvalue weighted by Gasteiger charge is -2.40. The molecule has 1 aromatic carbocycles. The SMILES string of the molecule is COc1ccc2nc(NC(=O)N3CCN(c4ncc([C@H](O)CO)cc4F)C[C@H]3C)sc2c1. The Bertz CT molecular complexity index is 1130. The van der Waals surface area contributed by atoms with Gasteiger partial charge in [0.25, 0.3) is 0 Å². The van der Waals surface area contributed by atoms with Crippen LogP contribution in [0.5, 0.6) is 5.75 Å². The van der Waals surface area contributed by atoms with Crippen molar-refractivity contribution in [2.45, 2.75) is 19.1 Å². The quantitative estimate of drug-likeness (QED) is 0.536. The number of rotatable bonds is 5. The van der Waals surface area contributed by atoms with E-state index in [4.69, 9.17) is 9.84 Å². The van der Waals surface area contributed by atoms with Crippen molar-refractivity contribution in [2.75, 3.05) is 43.6 Å². The van der Waals surface area contributed by atoms with E-state index in [0.29, 0.717) is 24.8 Å². The Morgan fingerprint density at radius 1 is 1.41 bits per heavy atom. The van der Waals surface area contributed by atoms with Crippen molar-refractivity contribution in [3.63, 3.8) is 0 Å². The summed E-state index contributed by atoms with van der Waals surface area (Å²) in [6.45, 7) is 2.56. The number of carbonyl (C=O) groups excluding carboxylic acids is 1. The molecule has 0 radical (unpaired) electrons. The third kappa shape index (κ3) is 4.45. The maximum atomic E-state index is 14.6. The van der Waals surface area contributed by atoms with E-state index >= 15 is 0 Å². The third-order valence-corrected chi connectivity index (χ3v) is 6.33. The molecule has 32 heavy (non-hydrogen) atoms. The Kier molecular flexibility index (Phi) is 6.40. The number of urea groups is 1. The number of carbonyl (C=O) groups is 1. The number of aromatic nitrogens is 2. The Balaban J connectivity index is 1.41. The minimum atomic E-state index is -1.17. The van der Waals surface area contributed by atoms with Gasteiger partial charge < -0.3 is 24.7 Å². The number of piperazine rings is 1. The summed E-state index contributed by atoms with van der Waals surface area (Å²) in [5, 5.41) is 22.0. The predicted octanol–water partition coefficient (Wildman–Crippen LogP) is 2.61. The van der Waals surface area contributed by atoms with Crippen molar-refractivity contribution in [1.82, 2.24) is 14.9 Å². The van der Waals surface area contributed by atoms with Crippen LogP contribution in [-0.4, -0.2) is 70.5 Å². The number of pyridine rings is 1. The number of ether oxygens (including phenoxy) is 1. The van der Waals surface area contributed by atoms with Gasteiger partial charge in [-0.05, 0) is 31.2 Å². The standard InChI is InChI=1S/C21H24FN5O4S/c1-12-10-26(19-15(22)7-13(9-23-19)17(29)11-28)5-6-27(12)21(30)25-20-24-16-4-3-14(31-2)8-18(16)32-20/h3-4,7-9,12,17,28-29H,5-6,10-11H2,1-2H3,(H,24,25,30)/t12-,17-/m1/s1. The fourth-order valence-corrected chi connectivity index (χ4v) is 4.55. The van der Waals surface area contributed by atoms with E-state index in [0.717, 1.165) is 16.0 Å². The van der Waals surface area contributed by atoms with Crippen LogP contribution in [0.4, 0.5) is 20.1 Å². The lowest BCUT2D eigenvalue weighted by molar-refractivity contribution is 0.0951. The van der Waals surface area contributed by atoms with E-state index in [-0.39, 0.29) is 23.5 Å². The Labute approximate surface area is 188 Å². The zero-order chi connectivity index (χ0) is 22.8. The van der Waals surface area contributed by atoms with Crippen molar-refractivity contribution in [1.29, 1.82) is 0 Å². The first-order valence-electron chi connectivity index (χ1n) is 10.1. The number of anilines is 2. The summed E-state index contributed by atoms with van der Waals surface area (Å²) in [7, 11) is 1.60. The first-order chi connectivity index (χ1) is 15.4. The van der Waals surface area contributed by atoms with Gasteiger partial charge in [0, 0.05) is 37.4 Å². The molecule has 170 valence electrons. The van der Waals surface area contributed by atoms with E-state index in [2.05, 4.69) is 15.3 Å². The first kappa shape index (κ1) is 22.2. The molecule has 11 heteroatoms. The zero-order valence-corrected chi connectivity index (χ0v) is 18.5. The number of aliphatic hydroxyl groups excluding tert-OH is 2. The van der Waals surface area contributed by atoms with Crippen molar-refractivity contribution in [2.24, 2.45) is 0 Å². The zero-order valence-electron chi connectivity index (χ0n) is 17.7. The van der Waals surface area contributed by atoms with Crippen molar-refractivity contribution < 1.29 is 24.1 Å². The molecule has 2 amide bonds. The number of aliphatic hydroxyl groups is 2. The molecule has 1 aliphatic heterocycles. The number of fused-ring (bicyclic) bond motifs is 1. The van der Waals surface area contributed by atoms with Crippen LogP contribution in [0.15, 0.2) is 30.5 Å². The molecule has 3 aromatic rings. The van der Waals surface area contributed by atoms with Crippen LogP contribution in [0.2, 0.25) is 0 Å². The average molecular weight is 462 g/mol. The Morgan fingerprint density at radius 2 is 2.22 bits per heavy atom. The third-order valence-electron chi connectivity index (χ3n) is 5.40. The lowest BCUT2D eigenvalue weighted by Crippen LogP contribution is -2.55. The second-order valence-electron chi connectivity index (χ2n) is 7.54. The molecule has 3 heterocycles. The molecule has 0 aliphatic carbocycles. The molecule has 0 bridgehead atoms. The molecular weight excluding hydrogens is 437 g/mol. The van der Waals surface area contributed by atoms with E-state index in [1.54, 1.807) is 16.9 Å². The molecule has 0 spiro atoms. The molecular formula is C21H24FN5O4S. The summed E-state index contributed by atoms with van der Waals surface area (Å²) in [5.74, 6) is 0.305. The minimum Gasteiger partial charge on any atom is -0.497 e. The van der Waals surface area contributed by atoms with Gasteiger partial charge in [-0.1, -0.05) is 11.3 Å². The highest BCUT2D eigenvalue weighted by Crippen LogP contribution is 2.30. The number of halogens is 1. The fourth-order valence-electron chi connectivity index (χ4n) is 3.67. The average Bonchev–Trinajstić information content (AvgIpc) is 3.19. The van der Waals surface area contributed by atoms with Gasteiger partial charge in [-0.15, -0.1) is 0 Å². The van der Waals surface area contributed by atoms with Gasteiger partial charge in [-0.3, -0.25) is 5.32 Å². The number of nitrogens with zero attached hydrogens (tertiary/aromatic N) is 4. The number of hydrogen-bond acceptors (Lipinski definition) is 8. The summed E-state index contributed by atoms with van der Waals surface area (Å²) in [6, 6.07) is 6.25. The molecule has 1 saturated heterocycles. The summed E-state index contributed by atoms with van der Waals surface area (Å²) < 4.78 is 20.7. The number of nitrogens with one attached hydrogen (secondary N) is 1. The molecule has 1 fully saturated rings. The second-order valence-corrected chi connectivity index (χ2v) is 8.57. The number of hydrogen-bond donors (Lipinski definition) is 3. The first-order valence-corrected chi connectivity index (χ1v) is 10.9. The van der Waals surface area contributed by atoms with E-state index in [9.17, 15) is 14.3 Å². The highest BCUT2D eigenvalue weighted by atomic mass is 32.1. The van der Waals surface area contributed by atoms with Crippen LogP contribution in [0, 0.1) is 5.82 Å². The van der Waals surface area contributed by atoms with Crippen LogP contribution in [-0.2, 0) is 0 Å². The molecule has 3 N–H and O–H groups in total. The molecule has 4 rings (SSSR count). The number of thiazole rings is 1. The second kappa shape index (κ2) is 9.23. The number of amides is 2. The Morgan fingerprint density at radius 3 is 2.91 bits per heavy atom. The molecule has 2 atom stereocenters. The molecule has 2 aromatic heterocycles. The van der Waals surface area contributed by atoms with Crippen LogP contribution >= 0.6 is 11.3 Å². The van der Waals surface area contributed by atoms with Crippen molar-refractivity contribution >= 4 is 38.5 Å². The maximum Gasteiger partial charge on any atom is 0.324 e. The minimum absolute atomic E-state index is 0.158. The summed E-state index contributed by atoms with van der Waals surface area (Å²) in [5.41, 5.74) is 0.994. The van der Waals surface area contributed by atoms with Crippen molar-refractivity contribution in [3.05, 3.63) is 41.8 Å². The highest BCUT2D eigenvalue weighted by Gasteiger charge is 2.30. The van der Waals surface area contributed by atoms with Crippen LogP contribution in [0.25, 0.3) is 10.2 Å². The number of methoxy groups -OCH3 is 1. The largest absolute Gasteiger partial charge is 0.497 e. The van der Waals surface area contributed by atoms with Gasteiger partial charge in [0.15, 0.2) is 16.8 Å². The van der Waals surface area contributed by atoms with Crippen LogP contribution < -0.4 is 15.0 Å². The molecule has 9 nitrogen and oxygen atoms in total. The monoisotopic (exact) mass is 461 g/mol. The van der Waals surface area contributed by atoms with Gasteiger partial charge >= 0.3 is 6.03 Å². The van der Waals surface area contributed by atoms with E-state index < -0.39 is 18.5 Å². The van der Waals surface area contributed by atoms with Gasteiger partial charge in [-0.2, -0.15) is 0 Å². The highest BCUT2D eigenvalue weighted by molar-refractivity contribution is 7.22. The van der Waals surface area contributed by atoms with Gasteiger partial charge in [0.05, 0.1) is 23.9 Å². The van der Waals surface area contributed by atoms with E-state index in [1.165, 1.54) is 23.6 Å². The smallest absolute Gasteiger partial charge is 0.324 e. The molecule has 0 unspecified atom stereocenters. The summed E-state index contributed by atoms with van der Waals surface area (Å²) in [4.78, 5) is 24.9. The van der Waals surface area contributed by atoms with Gasteiger partial charge in [-0.25, -0.2) is 19.2 Å².